The van der Waals surface area contributed by atoms with Crippen LogP contribution in [0.5, 0.6) is 0 Å². The maximum Gasteiger partial charge on any atom is 0.362 e. The second kappa shape index (κ2) is 2.82. The smallest absolute Gasteiger partial charge is 0.362 e. The zero-order valence-corrected chi connectivity index (χ0v) is 6.23. The molecule has 0 aliphatic heterocycles. The van der Waals surface area contributed by atoms with Crippen molar-refractivity contribution in [1.29, 1.82) is 0 Å². The van der Waals surface area contributed by atoms with Gasteiger partial charge in [0.2, 0.25) is 0 Å². The highest BCUT2D eigenvalue weighted by Gasteiger charge is 2.15. The first-order chi connectivity index (χ1) is 3.95. The van der Waals surface area contributed by atoms with Crippen LogP contribution in [0.3, 0.4) is 0 Å². The topological polar surface area (TPSA) is 53.9 Å². The molecule has 0 atom stereocenters. The lowest BCUT2D eigenvalue weighted by Gasteiger charge is -2.17. The van der Waals surface area contributed by atoms with Gasteiger partial charge in [-0.05, 0) is 20.8 Å². The second-order valence-corrected chi connectivity index (χ2v) is 2.84. The predicted octanol–water partition coefficient (Wildman–Crippen LogP) is -0.430. The van der Waals surface area contributed by atoms with Crippen molar-refractivity contribution in [1.82, 2.24) is 0 Å². The number of carbonyl (C=O) groups is 1. The van der Waals surface area contributed by atoms with Crippen molar-refractivity contribution in [3.05, 3.63) is 0 Å². The molecule has 0 bridgehead atoms. The van der Waals surface area contributed by atoms with E-state index in [0.29, 0.717) is 0 Å². The van der Waals surface area contributed by atoms with E-state index in [1.807, 2.05) is 20.8 Å². The van der Waals surface area contributed by atoms with Crippen molar-refractivity contribution in [3.63, 3.8) is 0 Å². The van der Waals surface area contributed by atoms with Crippen molar-refractivity contribution >= 4 is 5.97 Å². The SMILES string of the molecule is CC(C)(C)OC(=O)C[NH3+]. The summed E-state index contributed by atoms with van der Waals surface area (Å²) in [7, 11) is 0. The molecule has 0 heterocycles. The fourth-order valence-electron chi connectivity index (χ4n) is 0.393. The van der Waals surface area contributed by atoms with E-state index >= 15 is 0 Å². The number of rotatable bonds is 1. The van der Waals surface area contributed by atoms with Gasteiger partial charge in [0, 0.05) is 0 Å². The Bertz CT molecular complexity index is 104. The van der Waals surface area contributed by atoms with Gasteiger partial charge in [0.25, 0.3) is 0 Å². The molecule has 0 radical (unpaired) electrons. The molecule has 3 N–H and O–H groups in total. The van der Waals surface area contributed by atoms with Gasteiger partial charge < -0.3 is 10.5 Å². The van der Waals surface area contributed by atoms with Gasteiger partial charge in [-0.2, -0.15) is 0 Å². The molecule has 54 valence electrons. The van der Waals surface area contributed by atoms with Crippen molar-refractivity contribution in [2.45, 2.75) is 26.4 Å². The minimum atomic E-state index is -0.366. The van der Waals surface area contributed by atoms with E-state index in [9.17, 15) is 4.79 Å². The molecule has 0 amide bonds. The molecule has 0 aromatic heterocycles. The van der Waals surface area contributed by atoms with E-state index in [1.54, 1.807) is 0 Å². The van der Waals surface area contributed by atoms with Crippen LogP contribution >= 0.6 is 0 Å². The highest BCUT2D eigenvalue weighted by Crippen LogP contribution is 2.05. The van der Waals surface area contributed by atoms with Crippen molar-refractivity contribution < 1.29 is 15.3 Å². The third-order valence-electron chi connectivity index (χ3n) is 0.624. The Labute approximate surface area is 55.2 Å². The summed E-state index contributed by atoms with van der Waals surface area (Å²) >= 11 is 0. The Morgan fingerprint density at radius 1 is 1.56 bits per heavy atom. The molecule has 3 heteroatoms. The first kappa shape index (κ1) is 8.43. The molecule has 0 aliphatic carbocycles. The molecule has 0 saturated carbocycles. The Balaban J connectivity index is 3.60. The normalized spacial score (nSPS) is 11.1. The van der Waals surface area contributed by atoms with Gasteiger partial charge in [-0.25, -0.2) is 4.79 Å². The second-order valence-electron chi connectivity index (χ2n) is 2.84. The van der Waals surface area contributed by atoms with E-state index in [0.717, 1.165) is 0 Å². The zero-order chi connectivity index (χ0) is 7.49. The summed E-state index contributed by atoms with van der Waals surface area (Å²) in [5.74, 6) is -0.248. The third kappa shape index (κ3) is 5.30. The standard InChI is InChI=1S/C6H13NO2/c1-6(2,3)9-5(8)4-7/h4,7H2,1-3H3/p+1. The molecular weight excluding hydrogens is 118 g/mol. The lowest BCUT2D eigenvalue weighted by Crippen LogP contribution is -2.55. The van der Waals surface area contributed by atoms with Gasteiger partial charge in [0.05, 0.1) is 0 Å². The lowest BCUT2D eigenvalue weighted by atomic mass is 10.2. The van der Waals surface area contributed by atoms with Gasteiger partial charge >= 0.3 is 5.97 Å². The van der Waals surface area contributed by atoms with Gasteiger partial charge in [0.1, 0.15) is 5.60 Å². The summed E-state index contributed by atoms with van der Waals surface area (Å²) in [6, 6.07) is 0. The molecule has 0 unspecified atom stereocenters. The Morgan fingerprint density at radius 2 is 2.00 bits per heavy atom. The molecule has 0 fully saturated rings. The van der Waals surface area contributed by atoms with Crippen molar-refractivity contribution in [2.24, 2.45) is 0 Å². The van der Waals surface area contributed by atoms with E-state index in [-0.39, 0.29) is 18.1 Å². The zero-order valence-electron chi connectivity index (χ0n) is 6.23. The number of quaternary nitrogens is 1. The van der Waals surface area contributed by atoms with Crippen LogP contribution in [-0.2, 0) is 9.53 Å². The Morgan fingerprint density at radius 3 is 2.11 bits per heavy atom. The Kier molecular flexibility index (Phi) is 2.65. The van der Waals surface area contributed by atoms with Crippen LogP contribution in [-0.4, -0.2) is 18.1 Å². The van der Waals surface area contributed by atoms with Gasteiger partial charge in [-0.3, -0.25) is 0 Å². The van der Waals surface area contributed by atoms with Crippen LogP contribution in [0, 0.1) is 0 Å². The summed E-state index contributed by atoms with van der Waals surface area (Å²) in [5.41, 5.74) is 3.03. The average Bonchev–Trinajstić information content (AvgIpc) is 1.62. The summed E-state index contributed by atoms with van der Waals surface area (Å²) < 4.78 is 4.89. The van der Waals surface area contributed by atoms with Crippen molar-refractivity contribution in [3.8, 4) is 0 Å². The van der Waals surface area contributed by atoms with Crippen molar-refractivity contribution in [2.75, 3.05) is 6.54 Å². The summed E-state index contributed by atoms with van der Waals surface area (Å²) in [4.78, 5) is 10.5. The quantitative estimate of drug-likeness (QED) is 0.492. The Hall–Kier alpha value is -0.570. The summed E-state index contributed by atoms with van der Waals surface area (Å²) in [5, 5.41) is 0. The summed E-state index contributed by atoms with van der Waals surface area (Å²) in [6.07, 6.45) is 0. The molecule has 0 aromatic carbocycles. The van der Waals surface area contributed by atoms with Crippen LogP contribution < -0.4 is 5.73 Å². The van der Waals surface area contributed by atoms with Gasteiger partial charge in [0.15, 0.2) is 6.54 Å². The first-order valence-electron chi connectivity index (χ1n) is 2.97. The number of carbonyl (C=O) groups excluding carboxylic acids is 1. The first-order valence-corrected chi connectivity index (χ1v) is 2.97. The maximum absolute atomic E-state index is 10.5. The van der Waals surface area contributed by atoms with E-state index < -0.39 is 0 Å². The van der Waals surface area contributed by atoms with Crippen LogP contribution in [0.1, 0.15) is 20.8 Å². The monoisotopic (exact) mass is 132 g/mol. The van der Waals surface area contributed by atoms with Gasteiger partial charge in [-0.15, -0.1) is 0 Å². The lowest BCUT2D eigenvalue weighted by molar-refractivity contribution is -0.361. The number of hydrogen-bond donors (Lipinski definition) is 1. The average molecular weight is 132 g/mol. The predicted molar refractivity (Wildman–Crippen MR) is 33.6 cm³/mol. The molecular formula is C6H14NO2+. The molecule has 0 spiro atoms. The highest BCUT2D eigenvalue weighted by molar-refractivity contribution is 5.70. The molecule has 0 aliphatic rings. The van der Waals surface area contributed by atoms with Crippen LogP contribution in [0.25, 0.3) is 0 Å². The van der Waals surface area contributed by atoms with Gasteiger partial charge in [-0.1, -0.05) is 0 Å². The fourth-order valence-corrected chi connectivity index (χ4v) is 0.393. The number of ether oxygens (including phenoxy) is 1. The van der Waals surface area contributed by atoms with Crippen LogP contribution in [0.15, 0.2) is 0 Å². The maximum atomic E-state index is 10.5. The van der Waals surface area contributed by atoms with E-state index in [2.05, 4.69) is 5.73 Å². The highest BCUT2D eigenvalue weighted by atomic mass is 16.6. The molecule has 0 saturated heterocycles. The van der Waals surface area contributed by atoms with Crippen LogP contribution in [0.4, 0.5) is 0 Å². The number of hydrogen-bond acceptors (Lipinski definition) is 2. The minimum Gasteiger partial charge on any atom is -0.456 e. The largest absolute Gasteiger partial charge is 0.456 e. The van der Waals surface area contributed by atoms with E-state index in [1.165, 1.54) is 0 Å². The minimum absolute atomic E-state index is 0.206. The van der Waals surface area contributed by atoms with E-state index in [4.69, 9.17) is 4.74 Å². The molecule has 0 aromatic rings. The molecule has 0 rings (SSSR count). The fraction of sp³-hybridized carbons (Fsp3) is 0.833. The third-order valence-corrected chi connectivity index (χ3v) is 0.624. The van der Waals surface area contributed by atoms with Crippen LogP contribution in [0.2, 0.25) is 0 Å². The summed E-state index contributed by atoms with van der Waals surface area (Å²) in [6.45, 7) is 5.71. The molecule has 9 heavy (non-hydrogen) atoms. The number of esters is 1. The molecule has 3 nitrogen and oxygen atoms in total.